The zero-order valence-electron chi connectivity index (χ0n) is 11.8. The number of thioether (sulfide) groups is 1. The first kappa shape index (κ1) is 12.4. The minimum Gasteiger partial charge on any atom is -0.353 e. The average molecular weight is 288 g/mol. The highest BCUT2D eigenvalue weighted by molar-refractivity contribution is 7.98. The zero-order valence-corrected chi connectivity index (χ0v) is 12.6. The molecule has 0 saturated carbocycles. The fourth-order valence-corrected chi connectivity index (χ4v) is 4.31. The molecule has 2 N–H and O–H groups in total. The normalized spacial score (nSPS) is 23.4. The lowest BCUT2D eigenvalue weighted by Crippen LogP contribution is -2.46. The van der Waals surface area contributed by atoms with Crippen LogP contribution >= 0.6 is 11.8 Å². The van der Waals surface area contributed by atoms with Crippen molar-refractivity contribution < 1.29 is 0 Å². The van der Waals surface area contributed by atoms with Crippen LogP contribution in [0.5, 0.6) is 0 Å². The number of guanidine groups is 1. The highest BCUT2D eigenvalue weighted by atomic mass is 32.2. The van der Waals surface area contributed by atoms with Gasteiger partial charge in [0.1, 0.15) is 0 Å². The van der Waals surface area contributed by atoms with Gasteiger partial charge in [-0.15, -0.1) is 11.8 Å². The second-order valence-electron chi connectivity index (χ2n) is 5.65. The molecule has 0 saturated heterocycles. The van der Waals surface area contributed by atoms with Crippen molar-refractivity contribution >= 4 is 23.4 Å². The van der Waals surface area contributed by atoms with E-state index in [1.54, 1.807) is 11.1 Å². The molecule has 0 amide bonds. The maximum atomic E-state index is 4.44. The third-order valence-electron chi connectivity index (χ3n) is 4.51. The molecule has 106 valence electrons. The van der Waals surface area contributed by atoms with Crippen LogP contribution in [0, 0.1) is 0 Å². The van der Waals surface area contributed by atoms with Crippen molar-refractivity contribution in [3.05, 3.63) is 23.3 Å². The molecular weight excluding hydrogens is 268 g/mol. The third kappa shape index (κ3) is 1.87. The van der Waals surface area contributed by atoms with Crippen LogP contribution in [-0.4, -0.2) is 31.8 Å². The van der Waals surface area contributed by atoms with Crippen molar-refractivity contribution in [1.29, 1.82) is 0 Å². The lowest BCUT2D eigenvalue weighted by atomic mass is 9.84. The first-order chi connectivity index (χ1) is 9.86. The molecule has 3 aliphatic rings. The van der Waals surface area contributed by atoms with Crippen molar-refractivity contribution in [3.8, 4) is 0 Å². The van der Waals surface area contributed by atoms with Gasteiger partial charge in [0.05, 0.1) is 12.2 Å². The minimum atomic E-state index is 0.690. The third-order valence-corrected chi connectivity index (χ3v) is 5.33. The van der Waals surface area contributed by atoms with Gasteiger partial charge in [0.2, 0.25) is 5.96 Å². The predicted octanol–water partition coefficient (Wildman–Crippen LogP) is 2.11. The molecule has 20 heavy (non-hydrogen) atoms. The van der Waals surface area contributed by atoms with E-state index in [0.717, 1.165) is 25.6 Å². The van der Waals surface area contributed by atoms with Crippen LogP contribution < -0.4 is 15.8 Å². The Balaban J connectivity index is 1.70. The molecule has 0 spiro atoms. The molecule has 4 rings (SSSR count). The van der Waals surface area contributed by atoms with Gasteiger partial charge in [0.15, 0.2) is 0 Å². The summed E-state index contributed by atoms with van der Waals surface area (Å²) in [6, 6.07) is 4.56. The Labute approximate surface area is 124 Å². The summed E-state index contributed by atoms with van der Waals surface area (Å²) in [5.74, 6) is 1.61. The summed E-state index contributed by atoms with van der Waals surface area (Å²) in [6.07, 6.45) is 6.06. The Bertz CT molecular complexity index is 569. The maximum Gasteiger partial charge on any atom is 0.210 e. The van der Waals surface area contributed by atoms with E-state index in [1.807, 2.05) is 11.8 Å². The van der Waals surface area contributed by atoms with Crippen LogP contribution in [-0.2, 0) is 6.42 Å². The Hall–Kier alpha value is -1.36. The van der Waals surface area contributed by atoms with Crippen LogP contribution in [0.2, 0.25) is 0 Å². The van der Waals surface area contributed by atoms with Gasteiger partial charge in [-0.1, -0.05) is 0 Å². The van der Waals surface area contributed by atoms with Crippen molar-refractivity contribution in [1.82, 2.24) is 10.7 Å². The molecule has 2 aliphatic heterocycles. The monoisotopic (exact) mass is 288 g/mol. The molecule has 2 heterocycles. The van der Waals surface area contributed by atoms with E-state index in [-0.39, 0.29) is 0 Å². The van der Waals surface area contributed by atoms with Crippen LogP contribution in [0.4, 0.5) is 5.69 Å². The van der Waals surface area contributed by atoms with Gasteiger partial charge >= 0.3 is 0 Å². The Morgan fingerprint density at radius 2 is 2.40 bits per heavy atom. The van der Waals surface area contributed by atoms with Gasteiger partial charge in [-0.2, -0.15) is 0 Å². The molecule has 0 bridgehead atoms. The van der Waals surface area contributed by atoms with Crippen LogP contribution in [0.15, 0.2) is 22.0 Å². The van der Waals surface area contributed by atoms with Crippen molar-refractivity contribution in [2.24, 2.45) is 4.99 Å². The van der Waals surface area contributed by atoms with E-state index >= 15 is 0 Å². The average Bonchev–Trinajstić information content (AvgIpc) is 3.10. The van der Waals surface area contributed by atoms with E-state index in [9.17, 15) is 0 Å². The summed E-state index contributed by atoms with van der Waals surface area (Å²) in [7, 11) is 0. The molecule has 1 aromatic rings. The molecule has 1 unspecified atom stereocenters. The van der Waals surface area contributed by atoms with E-state index in [4.69, 9.17) is 0 Å². The molecule has 1 atom stereocenters. The van der Waals surface area contributed by atoms with Gasteiger partial charge in [-0.25, -0.2) is 0 Å². The lowest BCUT2D eigenvalue weighted by Gasteiger charge is -2.22. The molecular formula is C15H20N4S. The van der Waals surface area contributed by atoms with Crippen molar-refractivity contribution in [3.63, 3.8) is 0 Å². The zero-order chi connectivity index (χ0) is 13.5. The minimum absolute atomic E-state index is 0.690. The summed E-state index contributed by atoms with van der Waals surface area (Å²) in [5.41, 5.74) is 8.00. The van der Waals surface area contributed by atoms with E-state index in [1.165, 1.54) is 29.8 Å². The smallest absolute Gasteiger partial charge is 0.210 e. The van der Waals surface area contributed by atoms with Gasteiger partial charge in [0, 0.05) is 23.9 Å². The number of benzene rings is 1. The van der Waals surface area contributed by atoms with Crippen molar-refractivity contribution in [2.75, 3.05) is 30.9 Å². The van der Waals surface area contributed by atoms with Crippen molar-refractivity contribution in [2.45, 2.75) is 30.1 Å². The molecule has 5 heteroatoms. The number of rotatable bonds is 2. The van der Waals surface area contributed by atoms with E-state index < -0.39 is 0 Å². The quantitative estimate of drug-likeness (QED) is 0.818. The Morgan fingerprint density at radius 1 is 1.45 bits per heavy atom. The van der Waals surface area contributed by atoms with Gasteiger partial charge < -0.3 is 5.32 Å². The largest absolute Gasteiger partial charge is 0.353 e. The number of hydrogen-bond acceptors (Lipinski definition) is 5. The highest BCUT2D eigenvalue weighted by Gasteiger charge is 2.34. The summed E-state index contributed by atoms with van der Waals surface area (Å²) in [4.78, 5) is 5.91. The Kier molecular flexibility index (Phi) is 3.02. The second kappa shape index (κ2) is 4.88. The molecule has 0 aromatic heterocycles. The van der Waals surface area contributed by atoms with E-state index in [0.29, 0.717) is 5.92 Å². The first-order valence-corrected chi connectivity index (χ1v) is 8.61. The molecule has 4 nitrogen and oxygen atoms in total. The van der Waals surface area contributed by atoms with Gasteiger partial charge in [0.25, 0.3) is 0 Å². The van der Waals surface area contributed by atoms with Crippen LogP contribution in [0.1, 0.15) is 29.9 Å². The van der Waals surface area contributed by atoms with Crippen LogP contribution in [0.25, 0.3) is 0 Å². The molecule has 0 fully saturated rings. The van der Waals surface area contributed by atoms with Crippen LogP contribution in [0.3, 0.4) is 0 Å². The summed E-state index contributed by atoms with van der Waals surface area (Å²) in [5, 5.41) is 5.58. The maximum absolute atomic E-state index is 4.44. The summed E-state index contributed by atoms with van der Waals surface area (Å²) >= 11 is 1.88. The number of hydrogen-bond donors (Lipinski definition) is 2. The Morgan fingerprint density at radius 3 is 3.20 bits per heavy atom. The SMILES string of the molecule is CSc1ccc2c3c1CCCC3CN2NC1=NCCN1. The number of nitrogens with zero attached hydrogens (tertiary/aromatic N) is 2. The van der Waals surface area contributed by atoms with E-state index in [2.05, 4.69) is 39.1 Å². The van der Waals surface area contributed by atoms with Gasteiger partial charge in [-0.3, -0.25) is 15.4 Å². The molecule has 1 aromatic carbocycles. The number of nitrogens with one attached hydrogen (secondary N) is 2. The standard InChI is InChI=1S/C15H20N4S/c1-20-13-6-5-12-14-10(3-2-4-11(13)14)9-19(12)18-15-16-7-8-17-15/h5-6,10H,2-4,7-9H2,1H3,(H2,16,17,18). The first-order valence-electron chi connectivity index (χ1n) is 7.39. The fourth-order valence-electron chi connectivity index (χ4n) is 3.65. The number of aliphatic imine (C=N–C) groups is 1. The lowest BCUT2D eigenvalue weighted by molar-refractivity contribution is 0.562. The summed E-state index contributed by atoms with van der Waals surface area (Å²) < 4.78 is 0. The topological polar surface area (TPSA) is 39.7 Å². The number of hydrazine groups is 1. The number of anilines is 1. The summed E-state index contributed by atoms with van der Waals surface area (Å²) in [6.45, 7) is 2.90. The second-order valence-corrected chi connectivity index (χ2v) is 6.50. The molecule has 1 aliphatic carbocycles. The molecule has 0 radical (unpaired) electrons. The fraction of sp³-hybridized carbons (Fsp3) is 0.533. The van der Waals surface area contributed by atoms with Gasteiger partial charge in [-0.05, 0) is 48.8 Å². The predicted molar refractivity (Wildman–Crippen MR) is 84.7 cm³/mol. The highest BCUT2D eigenvalue weighted by Crippen LogP contribution is 2.46.